The second kappa shape index (κ2) is 9.52. The number of ether oxygens (including phenoxy) is 1. The lowest BCUT2D eigenvalue weighted by Crippen LogP contribution is -2.39. The maximum atomic E-state index is 13.1. The van der Waals surface area contributed by atoms with Crippen molar-refractivity contribution in [2.75, 3.05) is 12.4 Å². The van der Waals surface area contributed by atoms with Gasteiger partial charge < -0.3 is 15.4 Å². The first-order valence-corrected chi connectivity index (χ1v) is 11.5. The average Bonchev–Trinajstić information content (AvgIpc) is 3.14. The van der Waals surface area contributed by atoms with Crippen LogP contribution in [0.1, 0.15) is 47.3 Å². The van der Waals surface area contributed by atoms with Gasteiger partial charge in [0.05, 0.1) is 29.4 Å². The SMILES string of the molecule is COc1ccccc1NC(=O)c1sc2ncn(CC(=O)NC3CCCCC3)c(=O)c2c1C. The number of anilines is 1. The van der Waals surface area contributed by atoms with Gasteiger partial charge in [-0.1, -0.05) is 31.4 Å². The lowest BCUT2D eigenvalue weighted by atomic mass is 9.95. The molecular formula is C23H26N4O4S. The number of amides is 2. The van der Waals surface area contributed by atoms with Crippen LogP contribution in [-0.2, 0) is 11.3 Å². The number of rotatable bonds is 6. The van der Waals surface area contributed by atoms with Crippen LogP contribution in [0.2, 0.25) is 0 Å². The third-order valence-electron chi connectivity index (χ3n) is 5.76. The highest BCUT2D eigenvalue weighted by atomic mass is 32.1. The Morgan fingerprint density at radius 2 is 1.97 bits per heavy atom. The van der Waals surface area contributed by atoms with Crippen molar-refractivity contribution >= 4 is 39.1 Å². The molecule has 0 aliphatic heterocycles. The summed E-state index contributed by atoms with van der Waals surface area (Å²) in [7, 11) is 1.53. The largest absolute Gasteiger partial charge is 0.495 e. The van der Waals surface area contributed by atoms with E-state index in [1.807, 2.05) is 6.07 Å². The molecule has 1 aliphatic carbocycles. The lowest BCUT2D eigenvalue weighted by molar-refractivity contribution is -0.122. The molecule has 0 spiro atoms. The third-order valence-corrected chi connectivity index (χ3v) is 6.96. The van der Waals surface area contributed by atoms with Crippen LogP contribution in [0.5, 0.6) is 5.75 Å². The standard InChI is InChI=1S/C23H26N4O4S/c1-14-19-22(32-20(14)21(29)26-16-10-6-7-11-17(16)31-2)24-13-27(23(19)30)12-18(28)25-15-8-4-3-5-9-15/h6-7,10-11,13,15H,3-5,8-9,12H2,1-2H3,(H,25,28)(H,26,29). The van der Waals surface area contributed by atoms with E-state index in [1.54, 1.807) is 25.1 Å². The number of fused-ring (bicyclic) bond motifs is 1. The third kappa shape index (κ3) is 4.52. The number of hydrogen-bond donors (Lipinski definition) is 2. The summed E-state index contributed by atoms with van der Waals surface area (Å²) < 4.78 is 6.59. The van der Waals surface area contributed by atoms with Crippen LogP contribution >= 0.6 is 11.3 Å². The number of thiophene rings is 1. The van der Waals surface area contributed by atoms with Gasteiger partial charge in [-0.15, -0.1) is 11.3 Å². The first-order valence-electron chi connectivity index (χ1n) is 10.7. The van der Waals surface area contributed by atoms with Crippen molar-refractivity contribution in [1.82, 2.24) is 14.9 Å². The Morgan fingerprint density at radius 1 is 1.22 bits per heavy atom. The molecule has 1 fully saturated rings. The van der Waals surface area contributed by atoms with Crippen LogP contribution < -0.4 is 20.9 Å². The Balaban J connectivity index is 1.56. The average molecular weight is 455 g/mol. The smallest absolute Gasteiger partial charge is 0.266 e. The number of para-hydroxylation sites is 2. The fraction of sp³-hybridized carbons (Fsp3) is 0.391. The van der Waals surface area contributed by atoms with Crippen molar-refractivity contribution < 1.29 is 14.3 Å². The first-order chi connectivity index (χ1) is 15.5. The summed E-state index contributed by atoms with van der Waals surface area (Å²) in [5.74, 6) is 0.0160. The Bertz CT molecular complexity index is 1210. The fourth-order valence-electron chi connectivity index (χ4n) is 4.09. The van der Waals surface area contributed by atoms with Gasteiger partial charge in [-0.2, -0.15) is 0 Å². The summed E-state index contributed by atoms with van der Waals surface area (Å²) in [6, 6.07) is 7.29. The molecule has 9 heteroatoms. The molecule has 1 saturated carbocycles. The summed E-state index contributed by atoms with van der Waals surface area (Å²) >= 11 is 1.16. The number of nitrogens with one attached hydrogen (secondary N) is 2. The second-order valence-electron chi connectivity index (χ2n) is 7.97. The van der Waals surface area contributed by atoms with Crippen molar-refractivity contribution in [2.24, 2.45) is 0 Å². The van der Waals surface area contributed by atoms with E-state index < -0.39 is 0 Å². The number of hydrogen-bond acceptors (Lipinski definition) is 6. The number of benzene rings is 1. The van der Waals surface area contributed by atoms with Gasteiger partial charge in [0, 0.05) is 6.04 Å². The van der Waals surface area contributed by atoms with Crippen molar-refractivity contribution in [1.29, 1.82) is 0 Å². The van der Waals surface area contributed by atoms with Crippen LogP contribution in [0.15, 0.2) is 35.4 Å². The summed E-state index contributed by atoms with van der Waals surface area (Å²) in [6.45, 7) is 1.64. The first kappa shape index (κ1) is 22.0. The van der Waals surface area contributed by atoms with Crippen molar-refractivity contribution in [3.63, 3.8) is 0 Å². The van der Waals surface area contributed by atoms with Crippen molar-refractivity contribution in [3.8, 4) is 5.75 Å². The van der Waals surface area contributed by atoms with E-state index in [9.17, 15) is 14.4 Å². The Kier molecular flexibility index (Phi) is 6.55. The van der Waals surface area contributed by atoms with Crippen LogP contribution in [-0.4, -0.2) is 34.5 Å². The fourth-order valence-corrected chi connectivity index (χ4v) is 5.12. The van der Waals surface area contributed by atoms with Crippen LogP contribution in [0, 0.1) is 6.92 Å². The summed E-state index contributed by atoms with van der Waals surface area (Å²) in [5, 5.41) is 6.22. The van der Waals surface area contributed by atoms with Crippen molar-refractivity contribution in [2.45, 2.75) is 51.6 Å². The van der Waals surface area contributed by atoms with E-state index in [2.05, 4.69) is 15.6 Å². The maximum absolute atomic E-state index is 13.1. The van der Waals surface area contributed by atoms with Gasteiger partial charge in [0.25, 0.3) is 11.5 Å². The van der Waals surface area contributed by atoms with Crippen LogP contribution in [0.3, 0.4) is 0 Å². The van der Waals surface area contributed by atoms with E-state index in [0.717, 1.165) is 37.0 Å². The minimum absolute atomic E-state index is 0.0870. The molecule has 32 heavy (non-hydrogen) atoms. The number of aryl methyl sites for hydroxylation is 1. The van der Waals surface area contributed by atoms with Crippen molar-refractivity contribution in [3.05, 3.63) is 51.4 Å². The summed E-state index contributed by atoms with van der Waals surface area (Å²) in [4.78, 5) is 43.7. The maximum Gasteiger partial charge on any atom is 0.266 e. The molecule has 0 radical (unpaired) electrons. The minimum Gasteiger partial charge on any atom is -0.495 e. The van der Waals surface area contributed by atoms with E-state index in [-0.39, 0.29) is 30.0 Å². The molecule has 1 aromatic carbocycles. The quantitative estimate of drug-likeness (QED) is 0.594. The normalized spacial score (nSPS) is 14.3. The van der Waals surface area contributed by atoms with Gasteiger partial charge in [0.2, 0.25) is 5.91 Å². The van der Waals surface area contributed by atoms with E-state index in [4.69, 9.17) is 4.74 Å². The Labute approximate surface area is 189 Å². The van der Waals surface area contributed by atoms with Gasteiger partial charge in [0.15, 0.2) is 0 Å². The molecular weight excluding hydrogens is 428 g/mol. The van der Waals surface area contributed by atoms with E-state index in [1.165, 1.54) is 24.4 Å². The molecule has 1 aliphatic rings. The van der Waals surface area contributed by atoms with Gasteiger partial charge >= 0.3 is 0 Å². The topological polar surface area (TPSA) is 102 Å². The molecule has 2 aromatic heterocycles. The molecule has 0 bridgehead atoms. The molecule has 0 saturated heterocycles. The minimum atomic E-state index is -0.337. The molecule has 4 rings (SSSR count). The second-order valence-corrected chi connectivity index (χ2v) is 8.97. The number of aromatic nitrogens is 2. The predicted molar refractivity (Wildman–Crippen MR) is 125 cm³/mol. The molecule has 2 amide bonds. The summed E-state index contributed by atoms with van der Waals surface area (Å²) in [5.41, 5.74) is 0.775. The monoisotopic (exact) mass is 454 g/mol. The number of carbonyl (C=O) groups is 2. The zero-order valence-corrected chi connectivity index (χ0v) is 19.0. The number of nitrogens with zero attached hydrogens (tertiary/aromatic N) is 2. The Hall–Kier alpha value is -3.20. The molecule has 2 heterocycles. The van der Waals surface area contributed by atoms with E-state index >= 15 is 0 Å². The van der Waals surface area contributed by atoms with Gasteiger partial charge in [-0.25, -0.2) is 4.98 Å². The molecule has 2 N–H and O–H groups in total. The molecule has 168 valence electrons. The Morgan fingerprint density at radius 3 is 2.72 bits per heavy atom. The highest BCUT2D eigenvalue weighted by Crippen LogP contribution is 2.29. The van der Waals surface area contributed by atoms with Crippen LogP contribution in [0.4, 0.5) is 5.69 Å². The lowest BCUT2D eigenvalue weighted by Gasteiger charge is -2.22. The molecule has 0 unspecified atom stereocenters. The highest BCUT2D eigenvalue weighted by Gasteiger charge is 2.22. The molecule has 8 nitrogen and oxygen atoms in total. The van der Waals surface area contributed by atoms with E-state index in [0.29, 0.717) is 32.1 Å². The van der Waals surface area contributed by atoms with Gasteiger partial charge in [-0.05, 0) is 37.5 Å². The van der Waals surface area contributed by atoms with Gasteiger partial charge in [0.1, 0.15) is 17.1 Å². The zero-order valence-electron chi connectivity index (χ0n) is 18.1. The van der Waals surface area contributed by atoms with Gasteiger partial charge in [-0.3, -0.25) is 19.0 Å². The number of methoxy groups -OCH3 is 1. The molecule has 3 aromatic rings. The zero-order chi connectivity index (χ0) is 22.7. The predicted octanol–water partition coefficient (Wildman–Crippen LogP) is 3.48. The summed E-state index contributed by atoms with van der Waals surface area (Å²) in [6.07, 6.45) is 6.77. The molecule has 0 atom stereocenters. The van der Waals surface area contributed by atoms with Crippen LogP contribution in [0.25, 0.3) is 10.2 Å². The number of carbonyl (C=O) groups excluding carboxylic acids is 2. The highest BCUT2D eigenvalue weighted by molar-refractivity contribution is 7.20.